The Labute approximate surface area is 130 Å². The van der Waals surface area contributed by atoms with E-state index in [0.717, 1.165) is 16.6 Å². The van der Waals surface area contributed by atoms with Crippen molar-refractivity contribution in [3.05, 3.63) is 50.7 Å². The van der Waals surface area contributed by atoms with Gasteiger partial charge < -0.3 is 15.6 Å². The fourth-order valence-electron chi connectivity index (χ4n) is 1.51. The van der Waals surface area contributed by atoms with Crippen LogP contribution in [0, 0.1) is 5.82 Å². The molecule has 0 aliphatic heterocycles. The van der Waals surface area contributed by atoms with Crippen molar-refractivity contribution >= 4 is 43.5 Å². The molecule has 0 amide bonds. The molecule has 0 radical (unpaired) electrons. The summed E-state index contributed by atoms with van der Waals surface area (Å²) in [6.07, 6.45) is 0. The lowest BCUT2D eigenvalue weighted by molar-refractivity contribution is 0.0697. The van der Waals surface area contributed by atoms with Crippen LogP contribution in [-0.2, 0) is 0 Å². The number of rotatable bonds is 3. The van der Waals surface area contributed by atoms with Gasteiger partial charge in [-0.1, -0.05) is 15.9 Å². The number of ether oxygens (including phenoxy) is 1. The number of halogens is 3. The lowest BCUT2D eigenvalue weighted by Crippen LogP contribution is -2.04. The van der Waals surface area contributed by atoms with E-state index < -0.39 is 11.8 Å². The summed E-state index contributed by atoms with van der Waals surface area (Å²) in [7, 11) is 0. The van der Waals surface area contributed by atoms with Crippen LogP contribution >= 0.6 is 31.9 Å². The minimum absolute atomic E-state index is 0.155. The Bertz CT molecular complexity index is 692. The average Bonchev–Trinajstić information content (AvgIpc) is 2.35. The van der Waals surface area contributed by atoms with Gasteiger partial charge in [-0.2, -0.15) is 0 Å². The molecule has 20 heavy (non-hydrogen) atoms. The zero-order valence-corrected chi connectivity index (χ0v) is 13.0. The van der Waals surface area contributed by atoms with Gasteiger partial charge in [-0.25, -0.2) is 9.18 Å². The molecule has 3 N–H and O–H groups in total. The van der Waals surface area contributed by atoms with Crippen LogP contribution in [0.5, 0.6) is 11.5 Å². The molecule has 0 atom stereocenters. The van der Waals surface area contributed by atoms with E-state index in [9.17, 15) is 9.18 Å². The van der Waals surface area contributed by atoms with Gasteiger partial charge in [-0.05, 0) is 34.1 Å². The monoisotopic (exact) mass is 403 g/mol. The maximum absolute atomic E-state index is 13.8. The largest absolute Gasteiger partial charge is 0.478 e. The molecule has 0 saturated carbocycles. The topological polar surface area (TPSA) is 72.5 Å². The standard InChI is InChI=1S/C13H8Br2FNO3/c14-6-1-2-11(8(15)3-6)20-12-4-7(13(18)19)10(17)5-9(12)16/h1-5H,17H2,(H,18,19). The van der Waals surface area contributed by atoms with Gasteiger partial charge in [0.1, 0.15) is 5.75 Å². The molecule has 0 spiro atoms. The molecule has 7 heteroatoms. The summed E-state index contributed by atoms with van der Waals surface area (Å²) in [5.74, 6) is -1.84. The van der Waals surface area contributed by atoms with Crippen molar-refractivity contribution in [2.45, 2.75) is 0 Å². The van der Waals surface area contributed by atoms with Crippen LogP contribution in [0.3, 0.4) is 0 Å². The number of hydrogen-bond acceptors (Lipinski definition) is 3. The van der Waals surface area contributed by atoms with Crippen molar-refractivity contribution in [3.8, 4) is 11.5 Å². The molecule has 0 saturated heterocycles. The van der Waals surface area contributed by atoms with E-state index >= 15 is 0 Å². The Balaban J connectivity index is 2.43. The second-order valence-corrected chi connectivity index (χ2v) is 5.62. The minimum atomic E-state index is -1.25. The predicted octanol–water partition coefficient (Wildman–Crippen LogP) is 4.42. The van der Waals surface area contributed by atoms with Gasteiger partial charge in [-0.15, -0.1) is 0 Å². The molecule has 4 nitrogen and oxygen atoms in total. The van der Waals surface area contributed by atoms with Crippen molar-refractivity contribution in [1.29, 1.82) is 0 Å². The van der Waals surface area contributed by atoms with E-state index in [2.05, 4.69) is 31.9 Å². The SMILES string of the molecule is Nc1cc(F)c(Oc2ccc(Br)cc2Br)cc1C(=O)O. The molecular formula is C13H8Br2FNO3. The summed E-state index contributed by atoms with van der Waals surface area (Å²) in [6, 6.07) is 7.04. The second kappa shape index (κ2) is 5.80. The first-order valence-corrected chi connectivity index (χ1v) is 6.92. The lowest BCUT2D eigenvalue weighted by Gasteiger charge is -2.11. The fourth-order valence-corrected chi connectivity index (χ4v) is 2.64. The zero-order chi connectivity index (χ0) is 14.9. The van der Waals surface area contributed by atoms with Gasteiger partial charge in [0.2, 0.25) is 0 Å². The summed E-state index contributed by atoms with van der Waals surface area (Å²) >= 11 is 6.56. The van der Waals surface area contributed by atoms with E-state index in [4.69, 9.17) is 15.6 Å². The highest BCUT2D eigenvalue weighted by atomic mass is 79.9. The molecule has 0 fully saturated rings. The molecule has 0 aliphatic carbocycles. The van der Waals surface area contributed by atoms with Crippen LogP contribution in [-0.4, -0.2) is 11.1 Å². The van der Waals surface area contributed by atoms with E-state index in [0.29, 0.717) is 10.2 Å². The highest BCUT2D eigenvalue weighted by molar-refractivity contribution is 9.11. The van der Waals surface area contributed by atoms with Gasteiger partial charge >= 0.3 is 5.97 Å². The average molecular weight is 405 g/mol. The van der Waals surface area contributed by atoms with Crippen LogP contribution < -0.4 is 10.5 Å². The van der Waals surface area contributed by atoms with Gasteiger partial charge in [0, 0.05) is 22.3 Å². The fraction of sp³-hybridized carbons (Fsp3) is 0. The van der Waals surface area contributed by atoms with E-state index in [1.54, 1.807) is 18.2 Å². The third-order valence-electron chi connectivity index (χ3n) is 2.45. The number of benzene rings is 2. The number of carboxylic acids is 1. The molecule has 2 aromatic rings. The van der Waals surface area contributed by atoms with Crippen LogP contribution in [0.1, 0.15) is 10.4 Å². The molecule has 104 valence electrons. The molecular weight excluding hydrogens is 397 g/mol. The van der Waals surface area contributed by atoms with E-state index in [-0.39, 0.29) is 17.0 Å². The summed E-state index contributed by atoms with van der Waals surface area (Å²) in [5.41, 5.74) is 5.07. The van der Waals surface area contributed by atoms with E-state index in [1.807, 2.05) is 0 Å². The summed E-state index contributed by atoms with van der Waals surface area (Å²) in [6.45, 7) is 0. The number of hydrogen-bond donors (Lipinski definition) is 2. The molecule has 0 heterocycles. The predicted molar refractivity (Wildman–Crippen MR) is 79.7 cm³/mol. The molecule has 2 rings (SSSR count). The quantitative estimate of drug-likeness (QED) is 0.742. The van der Waals surface area contributed by atoms with Gasteiger partial charge in [0.25, 0.3) is 0 Å². The van der Waals surface area contributed by atoms with Crippen molar-refractivity contribution in [1.82, 2.24) is 0 Å². The summed E-state index contributed by atoms with van der Waals surface area (Å²) in [5, 5.41) is 8.96. The molecule has 2 aromatic carbocycles. The molecule has 0 bridgehead atoms. The highest BCUT2D eigenvalue weighted by Crippen LogP contribution is 2.34. The maximum atomic E-state index is 13.8. The van der Waals surface area contributed by atoms with Crippen LogP contribution in [0.4, 0.5) is 10.1 Å². The molecule has 0 aliphatic rings. The Morgan fingerprint density at radius 3 is 2.50 bits per heavy atom. The van der Waals surface area contributed by atoms with Crippen molar-refractivity contribution < 1.29 is 19.0 Å². The van der Waals surface area contributed by atoms with Crippen LogP contribution in [0.15, 0.2) is 39.3 Å². The first kappa shape index (κ1) is 14.8. The molecule has 0 unspecified atom stereocenters. The highest BCUT2D eigenvalue weighted by Gasteiger charge is 2.15. The summed E-state index contributed by atoms with van der Waals surface area (Å²) < 4.78 is 20.6. The number of nitrogens with two attached hydrogens (primary N) is 1. The van der Waals surface area contributed by atoms with Crippen molar-refractivity contribution in [2.75, 3.05) is 5.73 Å². The molecule has 0 aromatic heterocycles. The third kappa shape index (κ3) is 3.10. The second-order valence-electron chi connectivity index (χ2n) is 3.85. The van der Waals surface area contributed by atoms with Crippen LogP contribution in [0.2, 0.25) is 0 Å². The number of aromatic carboxylic acids is 1. The third-order valence-corrected chi connectivity index (χ3v) is 3.56. The van der Waals surface area contributed by atoms with Gasteiger partial charge in [0.15, 0.2) is 11.6 Å². The van der Waals surface area contributed by atoms with Crippen molar-refractivity contribution in [2.24, 2.45) is 0 Å². The normalized spacial score (nSPS) is 10.3. The zero-order valence-electron chi connectivity index (χ0n) is 9.86. The maximum Gasteiger partial charge on any atom is 0.337 e. The van der Waals surface area contributed by atoms with E-state index in [1.165, 1.54) is 0 Å². The smallest absolute Gasteiger partial charge is 0.337 e. The van der Waals surface area contributed by atoms with Gasteiger partial charge in [-0.3, -0.25) is 0 Å². The Hall–Kier alpha value is -1.60. The first-order valence-electron chi connectivity index (χ1n) is 5.33. The van der Waals surface area contributed by atoms with Crippen molar-refractivity contribution in [3.63, 3.8) is 0 Å². The van der Waals surface area contributed by atoms with Crippen LogP contribution in [0.25, 0.3) is 0 Å². The first-order chi connectivity index (χ1) is 9.38. The lowest BCUT2D eigenvalue weighted by atomic mass is 10.1. The number of anilines is 1. The Kier molecular flexibility index (Phi) is 4.29. The number of carbonyl (C=O) groups is 1. The minimum Gasteiger partial charge on any atom is -0.478 e. The number of carboxylic acid groups (broad SMARTS) is 1. The van der Waals surface area contributed by atoms with Gasteiger partial charge in [0.05, 0.1) is 10.0 Å². The Morgan fingerprint density at radius 2 is 1.90 bits per heavy atom. The Morgan fingerprint density at radius 1 is 1.20 bits per heavy atom. The number of nitrogen functional groups attached to an aromatic ring is 1. The summed E-state index contributed by atoms with van der Waals surface area (Å²) in [4.78, 5) is 11.0.